The van der Waals surface area contributed by atoms with Crippen molar-refractivity contribution in [1.29, 1.82) is 5.26 Å². The molecule has 0 N–H and O–H groups in total. The fourth-order valence-corrected chi connectivity index (χ4v) is 2.42. The molecule has 18 heavy (non-hydrogen) atoms. The van der Waals surface area contributed by atoms with Crippen LogP contribution in [0.1, 0.15) is 18.2 Å². The quantitative estimate of drug-likeness (QED) is 0.783. The maximum Gasteiger partial charge on any atom is 0.0807 e. The van der Waals surface area contributed by atoms with E-state index in [2.05, 4.69) is 27.9 Å². The predicted octanol–water partition coefficient (Wildman–Crippen LogP) is 0.624. The number of hydrogen-bond acceptors (Lipinski definition) is 4. The molecule has 0 amide bonds. The van der Waals surface area contributed by atoms with Crippen molar-refractivity contribution in [2.45, 2.75) is 19.9 Å². The first-order valence-corrected chi connectivity index (χ1v) is 6.56. The van der Waals surface area contributed by atoms with Crippen LogP contribution in [0, 0.1) is 11.3 Å². The Bertz CT molecular complexity index is 423. The van der Waals surface area contributed by atoms with Crippen molar-refractivity contribution >= 4 is 0 Å². The van der Waals surface area contributed by atoms with Gasteiger partial charge >= 0.3 is 0 Å². The standard InChI is InChI=1S/C13H21N5/c1-3-17-6-8-18(9-7-17)11-13-12(4-5-14)10-16(2)15-13/h10H,3-4,6-9,11H2,1-2H3. The zero-order chi connectivity index (χ0) is 13.0. The fourth-order valence-electron chi connectivity index (χ4n) is 2.42. The molecule has 98 valence electrons. The van der Waals surface area contributed by atoms with Crippen LogP contribution in [0.2, 0.25) is 0 Å². The van der Waals surface area contributed by atoms with Gasteiger partial charge in [-0.2, -0.15) is 10.4 Å². The Balaban J connectivity index is 1.95. The van der Waals surface area contributed by atoms with Crippen molar-refractivity contribution in [1.82, 2.24) is 19.6 Å². The topological polar surface area (TPSA) is 48.1 Å². The van der Waals surface area contributed by atoms with Crippen molar-refractivity contribution < 1.29 is 0 Å². The lowest BCUT2D eigenvalue weighted by atomic mass is 10.2. The van der Waals surface area contributed by atoms with Gasteiger partial charge in [-0.25, -0.2) is 0 Å². The molecule has 1 aromatic heterocycles. The Hall–Kier alpha value is -1.38. The molecule has 0 aromatic carbocycles. The number of piperazine rings is 1. The lowest BCUT2D eigenvalue weighted by Crippen LogP contribution is -2.45. The van der Waals surface area contributed by atoms with E-state index in [1.807, 2.05) is 17.9 Å². The zero-order valence-corrected chi connectivity index (χ0v) is 11.3. The van der Waals surface area contributed by atoms with Gasteiger partial charge in [0.2, 0.25) is 0 Å². The van der Waals surface area contributed by atoms with Crippen molar-refractivity contribution in [2.75, 3.05) is 32.7 Å². The second-order valence-electron chi connectivity index (χ2n) is 4.82. The van der Waals surface area contributed by atoms with Gasteiger partial charge in [-0.15, -0.1) is 0 Å². The normalized spacial score (nSPS) is 17.8. The number of nitrogens with zero attached hydrogens (tertiary/aromatic N) is 5. The average molecular weight is 247 g/mol. The van der Waals surface area contributed by atoms with Crippen LogP contribution in [0.5, 0.6) is 0 Å². The number of hydrogen-bond donors (Lipinski definition) is 0. The van der Waals surface area contributed by atoms with E-state index in [0.717, 1.165) is 50.5 Å². The number of aryl methyl sites for hydroxylation is 1. The third-order valence-corrected chi connectivity index (χ3v) is 3.55. The summed E-state index contributed by atoms with van der Waals surface area (Å²) in [6.07, 6.45) is 2.42. The van der Waals surface area contributed by atoms with E-state index in [1.54, 1.807) is 0 Å². The van der Waals surface area contributed by atoms with Gasteiger partial charge in [-0.1, -0.05) is 6.92 Å². The molecule has 0 radical (unpaired) electrons. The maximum atomic E-state index is 8.82. The Morgan fingerprint density at radius 2 is 1.94 bits per heavy atom. The molecule has 0 spiro atoms. The molecule has 0 saturated carbocycles. The first-order valence-electron chi connectivity index (χ1n) is 6.56. The van der Waals surface area contributed by atoms with E-state index >= 15 is 0 Å². The van der Waals surface area contributed by atoms with Crippen LogP contribution in [0.25, 0.3) is 0 Å². The van der Waals surface area contributed by atoms with Crippen LogP contribution in [0.15, 0.2) is 6.20 Å². The summed E-state index contributed by atoms with van der Waals surface area (Å²) in [5, 5.41) is 13.3. The van der Waals surface area contributed by atoms with Gasteiger partial charge in [-0.05, 0) is 6.54 Å². The van der Waals surface area contributed by atoms with Gasteiger partial charge in [0.25, 0.3) is 0 Å². The van der Waals surface area contributed by atoms with Gasteiger partial charge < -0.3 is 4.90 Å². The number of nitriles is 1. The van der Waals surface area contributed by atoms with Crippen molar-refractivity contribution in [3.63, 3.8) is 0 Å². The number of rotatable bonds is 4. The van der Waals surface area contributed by atoms with E-state index < -0.39 is 0 Å². The largest absolute Gasteiger partial charge is 0.301 e. The van der Waals surface area contributed by atoms with Crippen molar-refractivity contribution in [2.24, 2.45) is 7.05 Å². The molecule has 0 atom stereocenters. The summed E-state index contributed by atoms with van der Waals surface area (Å²) in [5.41, 5.74) is 2.13. The van der Waals surface area contributed by atoms with Crippen LogP contribution in [0.3, 0.4) is 0 Å². The lowest BCUT2D eigenvalue weighted by Gasteiger charge is -2.33. The van der Waals surface area contributed by atoms with Crippen LogP contribution >= 0.6 is 0 Å². The van der Waals surface area contributed by atoms with E-state index in [1.165, 1.54) is 0 Å². The molecule has 2 rings (SSSR count). The highest BCUT2D eigenvalue weighted by Crippen LogP contribution is 2.12. The smallest absolute Gasteiger partial charge is 0.0807 e. The van der Waals surface area contributed by atoms with E-state index in [4.69, 9.17) is 5.26 Å². The molecule has 1 saturated heterocycles. The lowest BCUT2D eigenvalue weighted by molar-refractivity contribution is 0.130. The average Bonchev–Trinajstić information content (AvgIpc) is 2.71. The van der Waals surface area contributed by atoms with Gasteiger partial charge in [0.15, 0.2) is 0 Å². The molecule has 5 nitrogen and oxygen atoms in total. The number of aromatic nitrogens is 2. The fraction of sp³-hybridized carbons (Fsp3) is 0.692. The third-order valence-electron chi connectivity index (χ3n) is 3.55. The molecule has 0 unspecified atom stereocenters. The molecule has 1 aliphatic heterocycles. The Morgan fingerprint density at radius 1 is 1.28 bits per heavy atom. The SMILES string of the molecule is CCN1CCN(Cc2nn(C)cc2CC#N)CC1. The van der Waals surface area contributed by atoms with Crippen LogP contribution < -0.4 is 0 Å². The molecule has 1 aliphatic rings. The van der Waals surface area contributed by atoms with Gasteiger partial charge in [0, 0.05) is 51.5 Å². The molecule has 1 aromatic rings. The maximum absolute atomic E-state index is 8.82. The first kappa shape index (κ1) is 13.1. The highest BCUT2D eigenvalue weighted by atomic mass is 15.3. The summed E-state index contributed by atoms with van der Waals surface area (Å²) in [7, 11) is 1.92. The third kappa shape index (κ3) is 3.09. The van der Waals surface area contributed by atoms with Gasteiger partial charge in [-0.3, -0.25) is 9.58 Å². The summed E-state index contributed by atoms with van der Waals surface area (Å²) in [5.74, 6) is 0. The van der Waals surface area contributed by atoms with Crippen LogP contribution in [-0.2, 0) is 20.0 Å². The molecule has 1 fully saturated rings. The first-order chi connectivity index (χ1) is 8.72. The Morgan fingerprint density at radius 3 is 2.56 bits per heavy atom. The van der Waals surface area contributed by atoms with Crippen LogP contribution in [-0.4, -0.2) is 52.3 Å². The molecule has 2 heterocycles. The van der Waals surface area contributed by atoms with E-state index in [-0.39, 0.29) is 0 Å². The minimum Gasteiger partial charge on any atom is -0.301 e. The van der Waals surface area contributed by atoms with Gasteiger partial charge in [0.1, 0.15) is 0 Å². The minimum absolute atomic E-state index is 0.456. The molecule has 0 aliphatic carbocycles. The van der Waals surface area contributed by atoms with Crippen molar-refractivity contribution in [3.05, 3.63) is 17.5 Å². The van der Waals surface area contributed by atoms with E-state index in [0.29, 0.717) is 6.42 Å². The molecule has 0 bridgehead atoms. The summed E-state index contributed by atoms with van der Waals surface area (Å²) in [6.45, 7) is 8.67. The summed E-state index contributed by atoms with van der Waals surface area (Å²) in [6, 6.07) is 2.21. The summed E-state index contributed by atoms with van der Waals surface area (Å²) >= 11 is 0. The second kappa shape index (κ2) is 5.98. The highest BCUT2D eigenvalue weighted by molar-refractivity contribution is 5.20. The second-order valence-corrected chi connectivity index (χ2v) is 4.82. The minimum atomic E-state index is 0.456. The Labute approximate surface area is 109 Å². The zero-order valence-electron chi connectivity index (χ0n) is 11.3. The number of likely N-dealkylation sites (N-methyl/N-ethyl adjacent to an activating group) is 1. The summed E-state index contributed by atoms with van der Waals surface area (Å²) in [4.78, 5) is 4.89. The predicted molar refractivity (Wildman–Crippen MR) is 69.9 cm³/mol. The molecule has 5 heteroatoms. The van der Waals surface area contributed by atoms with Crippen LogP contribution in [0.4, 0.5) is 0 Å². The summed E-state index contributed by atoms with van der Waals surface area (Å²) < 4.78 is 1.81. The van der Waals surface area contributed by atoms with E-state index in [9.17, 15) is 0 Å². The van der Waals surface area contributed by atoms with Gasteiger partial charge in [0.05, 0.1) is 18.2 Å². The molecular formula is C13H21N5. The molecular weight excluding hydrogens is 226 g/mol. The highest BCUT2D eigenvalue weighted by Gasteiger charge is 2.18. The van der Waals surface area contributed by atoms with Crippen molar-refractivity contribution in [3.8, 4) is 6.07 Å². The monoisotopic (exact) mass is 247 g/mol. The Kier molecular flexibility index (Phi) is 4.34.